The summed E-state index contributed by atoms with van der Waals surface area (Å²) >= 11 is 0. The quantitative estimate of drug-likeness (QED) is 0.617. The predicted octanol–water partition coefficient (Wildman–Crippen LogP) is 2.82. The minimum atomic E-state index is -0.312. The third-order valence-corrected chi connectivity index (χ3v) is 4.67. The molecule has 0 amide bonds. The van der Waals surface area contributed by atoms with Gasteiger partial charge >= 0.3 is 0 Å². The van der Waals surface area contributed by atoms with Crippen LogP contribution in [0.4, 0.5) is 17.1 Å². The zero-order valence-electron chi connectivity index (χ0n) is 15.3. The van der Waals surface area contributed by atoms with Crippen molar-refractivity contribution in [1.29, 1.82) is 0 Å². The highest BCUT2D eigenvalue weighted by atomic mass is 16.6. The van der Waals surface area contributed by atoms with Gasteiger partial charge in [0.05, 0.1) is 29.3 Å². The molecule has 2 aliphatic heterocycles. The number of morpholine rings is 2. The van der Waals surface area contributed by atoms with Gasteiger partial charge in [-0.1, -0.05) is 0 Å². The molecule has 1 aromatic carbocycles. The van der Waals surface area contributed by atoms with Gasteiger partial charge in [-0.05, 0) is 33.8 Å². The van der Waals surface area contributed by atoms with E-state index in [4.69, 9.17) is 9.47 Å². The summed E-state index contributed by atoms with van der Waals surface area (Å²) in [5, 5.41) is 11.4. The van der Waals surface area contributed by atoms with E-state index in [0.29, 0.717) is 0 Å². The first-order valence-electron chi connectivity index (χ1n) is 8.92. The van der Waals surface area contributed by atoms with Crippen LogP contribution in [0.1, 0.15) is 27.7 Å². The van der Waals surface area contributed by atoms with Crippen molar-refractivity contribution in [1.82, 2.24) is 0 Å². The molecule has 25 heavy (non-hydrogen) atoms. The van der Waals surface area contributed by atoms with Crippen molar-refractivity contribution in [3.63, 3.8) is 0 Å². The number of rotatable bonds is 3. The van der Waals surface area contributed by atoms with E-state index in [1.54, 1.807) is 12.1 Å². The van der Waals surface area contributed by atoms with E-state index in [1.165, 1.54) is 0 Å². The summed E-state index contributed by atoms with van der Waals surface area (Å²) in [4.78, 5) is 15.5. The van der Waals surface area contributed by atoms with Crippen molar-refractivity contribution in [2.24, 2.45) is 0 Å². The summed E-state index contributed by atoms with van der Waals surface area (Å²) in [7, 11) is 0. The lowest BCUT2D eigenvalue weighted by molar-refractivity contribution is -0.384. The van der Waals surface area contributed by atoms with Crippen molar-refractivity contribution < 1.29 is 14.4 Å². The average molecular weight is 349 g/mol. The fourth-order valence-corrected chi connectivity index (χ4v) is 3.83. The molecule has 0 aliphatic carbocycles. The lowest BCUT2D eigenvalue weighted by atomic mass is 10.1. The fourth-order valence-electron chi connectivity index (χ4n) is 3.83. The minimum Gasteiger partial charge on any atom is -0.372 e. The van der Waals surface area contributed by atoms with Gasteiger partial charge in [0.15, 0.2) is 0 Å². The Labute approximate surface area is 148 Å². The topological polar surface area (TPSA) is 68.1 Å². The Morgan fingerprint density at radius 2 is 1.20 bits per heavy atom. The van der Waals surface area contributed by atoms with Crippen molar-refractivity contribution in [2.75, 3.05) is 36.0 Å². The third kappa shape index (κ3) is 4.22. The molecular weight excluding hydrogens is 322 g/mol. The molecule has 0 aromatic heterocycles. The van der Waals surface area contributed by atoms with E-state index in [9.17, 15) is 10.1 Å². The molecule has 2 fully saturated rings. The first-order valence-corrected chi connectivity index (χ1v) is 8.92. The second-order valence-electron chi connectivity index (χ2n) is 7.29. The highest BCUT2D eigenvalue weighted by molar-refractivity contribution is 5.66. The number of hydrogen-bond donors (Lipinski definition) is 0. The van der Waals surface area contributed by atoms with Crippen LogP contribution in [0.25, 0.3) is 0 Å². The Hall–Kier alpha value is -1.86. The van der Waals surface area contributed by atoms with Gasteiger partial charge in [0.25, 0.3) is 5.69 Å². The van der Waals surface area contributed by atoms with Crippen molar-refractivity contribution in [3.05, 3.63) is 28.3 Å². The first-order chi connectivity index (χ1) is 11.8. The Morgan fingerprint density at radius 1 is 0.840 bits per heavy atom. The fraction of sp³-hybridized carbons (Fsp3) is 0.667. The SMILES string of the molecule is CC1CN(c2cc(N3CC(C)OC(C)C3)cc([N+](=O)[O-])c2)CC(C)O1. The normalized spacial score (nSPS) is 30.4. The Morgan fingerprint density at radius 3 is 1.52 bits per heavy atom. The predicted molar refractivity (Wildman–Crippen MR) is 97.5 cm³/mol. The lowest BCUT2D eigenvalue weighted by Gasteiger charge is -2.39. The number of ether oxygens (including phenoxy) is 2. The Kier molecular flexibility index (Phi) is 5.15. The monoisotopic (exact) mass is 349 g/mol. The zero-order chi connectivity index (χ0) is 18.1. The molecule has 1 aromatic rings. The van der Waals surface area contributed by atoms with Crippen LogP contribution in [0, 0.1) is 10.1 Å². The molecule has 0 N–H and O–H groups in total. The van der Waals surface area contributed by atoms with Crippen LogP contribution in [0.15, 0.2) is 18.2 Å². The maximum absolute atomic E-state index is 11.4. The first kappa shape index (κ1) is 17.9. The van der Waals surface area contributed by atoms with Gasteiger partial charge in [-0.15, -0.1) is 0 Å². The number of nitro groups is 1. The van der Waals surface area contributed by atoms with Crippen molar-refractivity contribution >= 4 is 17.1 Å². The van der Waals surface area contributed by atoms with Crippen LogP contribution in [0.2, 0.25) is 0 Å². The van der Waals surface area contributed by atoms with Crippen LogP contribution in [0.5, 0.6) is 0 Å². The second kappa shape index (κ2) is 7.17. The van der Waals surface area contributed by atoms with Gasteiger partial charge in [-0.3, -0.25) is 10.1 Å². The van der Waals surface area contributed by atoms with E-state index < -0.39 is 0 Å². The number of nitrogens with zero attached hydrogens (tertiary/aromatic N) is 3. The van der Waals surface area contributed by atoms with Gasteiger partial charge in [-0.2, -0.15) is 0 Å². The summed E-state index contributed by atoms with van der Waals surface area (Å²) in [6.45, 7) is 11.1. The van der Waals surface area contributed by atoms with Gasteiger partial charge in [-0.25, -0.2) is 0 Å². The van der Waals surface area contributed by atoms with Gasteiger partial charge < -0.3 is 19.3 Å². The number of hydrogen-bond acceptors (Lipinski definition) is 6. The van der Waals surface area contributed by atoms with Gasteiger partial charge in [0.2, 0.25) is 0 Å². The number of anilines is 2. The molecule has 2 aliphatic rings. The minimum absolute atomic E-state index is 0.106. The van der Waals surface area contributed by atoms with E-state index in [1.807, 2.05) is 27.7 Å². The zero-order valence-corrected chi connectivity index (χ0v) is 15.3. The van der Waals surface area contributed by atoms with Crippen LogP contribution in [-0.4, -0.2) is 55.5 Å². The lowest BCUT2D eigenvalue weighted by Crippen LogP contribution is -2.46. The highest BCUT2D eigenvalue weighted by Crippen LogP contribution is 2.32. The Balaban J connectivity index is 1.93. The molecule has 0 saturated carbocycles. The molecule has 4 unspecified atom stereocenters. The summed E-state index contributed by atoms with van der Waals surface area (Å²) in [5.74, 6) is 0. The van der Waals surface area contributed by atoms with Crippen LogP contribution >= 0.6 is 0 Å². The van der Waals surface area contributed by atoms with Crippen molar-refractivity contribution in [2.45, 2.75) is 52.1 Å². The molecule has 0 spiro atoms. The number of non-ortho nitro benzene ring substituents is 1. The molecule has 7 nitrogen and oxygen atoms in total. The maximum atomic E-state index is 11.4. The molecule has 4 atom stereocenters. The van der Waals surface area contributed by atoms with Crippen LogP contribution < -0.4 is 9.80 Å². The Bertz CT molecular complexity index is 574. The summed E-state index contributed by atoms with van der Waals surface area (Å²) in [6, 6.07) is 5.39. The average Bonchev–Trinajstić information content (AvgIpc) is 2.52. The molecular formula is C18H27N3O4. The van der Waals surface area contributed by atoms with Gasteiger partial charge in [0, 0.05) is 49.7 Å². The summed E-state index contributed by atoms with van der Waals surface area (Å²) in [5.41, 5.74) is 1.90. The van der Waals surface area contributed by atoms with Crippen LogP contribution in [0.3, 0.4) is 0 Å². The van der Waals surface area contributed by atoms with Crippen molar-refractivity contribution in [3.8, 4) is 0 Å². The molecule has 2 saturated heterocycles. The summed E-state index contributed by atoms with van der Waals surface area (Å²) in [6.07, 6.45) is 0.426. The molecule has 7 heteroatoms. The van der Waals surface area contributed by atoms with E-state index in [0.717, 1.165) is 37.6 Å². The second-order valence-corrected chi connectivity index (χ2v) is 7.29. The molecule has 2 heterocycles. The molecule has 138 valence electrons. The number of benzene rings is 1. The molecule has 0 bridgehead atoms. The number of nitro benzene ring substituents is 1. The van der Waals surface area contributed by atoms with E-state index >= 15 is 0 Å². The largest absolute Gasteiger partial charge is 0.372 e. The smallest absolute Gasteiger partial charge is 0.273 e. The van der Waals surface area contributed by atoms with Gasteiger partial charge in [0.1, 0.15) is 0 Å². The molecule has 0 radical (unpaired) electrons. The highest BCUT2D eigenvalue weighted by Gasteiger charge is 2.27. The standard InChI is InChI=1S/C18H27N3O4/c1-12-8-19(9-13(2)24-12)16-5-17(7-18(6-16)21(22)23)20-10-14(3)25-15(4)11-20/h5-7,12-15H,8-11H2,1-4H3. The van der Waals surface area contributed by atoms with E-state index in [2.05, 4.69) is 15.9 Å². The summed E-state index contributed by atoms with van der Waals surface area (Å²) < 4.78 is 11.6. The third-order valence-electron chi connectivity index (χ3n) is 4.67. The maximum Gasteiger partial charge on any atom is 0.273 e. The van der Waals surface area contributed by atoms with Crippen LogP contribution in [-0.2, 0) is 9.47 Å². The van der Waals surface area contributed by atoms with E-state index in [-0.39, 0.29) is 35.0 Å². The molecule has 3 rings (SSSR count).